The molecule has 2 N–H and O–H groups in total. The summed E-state index contributed by atoms with van der Waals surface area (Å²) in [5.74, 6) is -1.00. The van der Waals surface area contributed by atoms with Crippen LogP contribution >= 0.6 is 0 Å². The van der Waals surface area contributed by atoms with Gasteiger partial charge in [0.25, 0.3) is 5.91 Å². The van der Waals surface area contributed by atoms with Crippen molar-refractivity contribution in [3.8, 4) is 23.1 Å². The number of carbonyl (C=O) groups excluding carboxylic acids is 1. The van der Waals surface area contributed by atoms with Gasteiger partial charge >= 0.3 is 5.97 Å². The maximum Gasteiger partial charge on any atom is 0.337 e. The zero-order chi connectivity index (χ0) is 21.8. The molecule has 2 aromatic carbocycles. The highest BCUT2D eigenvalue weighted by atomic mass is 16.5. The maximum absolute atomic E-state index is 12.6. The molecule has 4 rings (SSSR count). The van der Waals surface area contributed by atoms with Crippen molar-refractivity contribution in [2.24, 2.45) is 0 Å². The van der Waals surface area contributed by atoms with E-state index in [4.69, 9.17) is 19.3 Å². The number of nitrogens with zero attached hydrogens (tertiary/aromatic N) is 2. The zero-order valence-corrected chi connectivity index (χ0v) is 16.2. The first-order chi connectivity index (χ1) is 15.0. The molecule has 0 radical (unpaired) electrons. The Morgan fingerprint density at radius 3 is 2.81 bits per heavy atom. The lowest BCUT2D eigenvalue weighted by Crippen LogP contribution is -2.16. The number of hydrogen-bond donors (Lipinski definition) is 2. The Morgan fingerprint density at radius 1 is 1.23 bits per heavy atom. The summed E-state index contributed by atoms with van der Waals surface area (Å²) in [6.45, 7) is 1.15. The van der Waals surface area contributed by atoms with E-state index in [0.29, 0.717) is 30.3 Å². The number of anilines is 1. The summed E-state index contributed by atoms with van der Waals surface area (Å²) in [6.07, 6.45) is 0.729. The lowest BCUT2D eigenvalue weighted by atomic mass is 10.1. The fraction of sp³-hybridized carbons (Fsp3) is 0.182. The molecule has 9 heteroatoms. The van der Waals surface area contributed by atoms with Gasteiger partial charge in [0, 0.05) is 12.5 Å². The lowest BCUT2D eigenvalue weighted by Gasteiger charge is -2.14. The highest BCUT2D eigenvalue weighted by Crippen LogP contribution is 2.32. The molecule has 1 aromatic heterocycles. The molecule has 1 saturated heterocycles. The Bertz CT molecular complexity index is 1170. The number of hydrogen-bond acceptors (Lipinski definition) is 7. The largest absolute Gasteiger partial charge is 0.487 e. The summed E-state index contributed by atoms with van der Waals surface area (Å²) in [5, 5.41) is 24.6. The van der Waals surface area contributed by atoms with Gasteiger partial charge in [-0.3, -0.25) is 4.79 Å². The van der Waals surface area contributed by atoms with Crippen LogP contribution in [0.15, 0.2) is 53.1 Å². The molecule has 1 aliphatic rings. The zero-order valence-electron chi connectivity index (χ0n) is 16.2. The number of ether oxygens (including phenoxy) is 2. The number of carboxylic acids is 1. The second-order valence-electron chi connectivity index (χ2n) is 6.81. The van der Waals surface area contributed by atoms with Gasteiger partial charge < -0.3 is 24.4 Å². The molecular weight excluding hydrogens is 402 g/mol. The van der Waals surface area contributed by atoms with Crippen LogP contribution < -0.4 is 10.1 Å². The van der Waals surface area contributed by atoms with Crippen LogP contribution in [0.1, 0.15) is 32.8 Å². The van der Waals surface area contributed by atoms with Crippen LogP contribution in [0.2, 0.25) is 0 Å². The van der Waals surface area contributed by atoms with Crippen molar-refractivity contribution in [1.82, 2.24) is 5.16 Å². The molecule has 31 heavy (non-hydrogen) atoms. The summed E-state index contributed by atoms with van der Waals surface area (Å²) in [5.41, 5.74) is 0.614. The number of amides is 1. The Balaban J connectivity index is 1.56. The van der Waals surface area contributed by atoms with Gasteiger partial charge in [-0.05, 0) is 30.3 Å². The summed E-state index contributed by atoms with van der Waals surface area (Å²) >= 11 is 0. The predicted molar refractivity (Wildman–Crippen MR) is 108 cm³/mol. The van der Waals surface area contributed by atoms with E-state index in [9.17, 15) is 14.7 Å². The predicted octanol–water partition coefficient (Wildman–Crippen LogP) is 3.33. The SMILES string of the molecule is N#Cc1ccc(NC(=O)c2cc(-c3ccccc3OC3CCOC3)on2)c(C(=O)O)c1. The number of benzene rings is 2. The topological polar surface area (TPSA) is 135 Å². The molecular formula is C22H17N3O6. The number of nitrogens with one attached hydrogen (secondary N) is 1. The molecule has 2 heterocycles. The lowest BCUT2D eigenvalue weighted by molar-refractivity contribution is 0.0698. The number of rotatable bonds is 6. The van der Waals surface area contributed by atoms with Crippen molar-refractivity contribution in [1.29, 1.82) is 5.26 Å². The fourth-order valence-corrected chi connectivity index (χ4v) is 3.15. The average Bonchev–Trinajstić information content (AvgIpc) is 3.46. The molecule has 1 atom stereocenters. The van der Waals surface area contributed by atoms with Crippen LogP contribution in [0.5, 0.6) is 5.75 Å². The standard InChI is InChI=1S/C22H17N3O6/c23-11-13-5-6-17(16(9-13)22(27)28)24-21(26)18-10-20(31-25-18)15-3-1-2-4-19(15)30-14-7-8-29-12-14/h1-6,9-10,14H,7-8,12H2,(H,24,26)(H,27,28). The van der Waals surface area contributed by atoms with Crippen molar-refractivity contribution in [2.75, 3.05) is 18.5 Å². The Hall–Kier alpha value is -4.16. The van der Waals surface area contributed by atoms with Crippen LogP contribution in [0.4, 0.5) is 5.69 Å². The van der Waals surface area contributed by atoms with Crippen LogP contribution in [0.25, 0.3) is 11.3 Å². The van der Waals surface area contributed by atoms with Gasteiger partial charge in [-0.15, -0.1) is 0 Å². The minimum absolute atomic E-state index is 0.0327. The van der Waals surface area contributed by atoms with Crippen molar-refractivity contribution >= 4 is 17.6 Å². The number of carboxylic acid groups (broad SMARTS) is 1. The van der Waals surface area contributed by atoms with Crippen LogP contribution in [0.3, 0.4) is 0 Å². The van der Waals surface area contributed by atoms with Gasteiger partial charge in [0.05, 0.1) is 41.7 Å². The van der Waals surface area contributed by atoms with Crippen molar-refractivity contribution < 1.29 is 28.7 Å². The minimum Gasteiger partial charge on any atom is -0.487 e. The van der Waals surface area contributed by atoms with E-state index in [2.05, 4.69) is 10.5 Å². The van der Waals surface area contributed by atoms with Gasteiger partial charge in [0.1, 0.15) is 11.9 Å². The van der Waals surface area contributed by atoms with Gasteiger partial charge in [-0.2, -0.15) is 5.26 Å². The molecule has 1 unspecified atom stereocenters. The summed E-state index contributed by atoms with van der Waals surface area (Å²) < 4.78 is 16.7. The number of para-hydroxylation sites is 1. The highest BCUT2D eigenvalue weighted by molar-refractivity contribution is 6.07. The molecule has 0 bridgehead atoms. The fourth-order valence-electron chi connectivity index (χ4n) is 3.15. The van der Waals surface area contributed by atoms with E-state index in [0.717, 1.165) is 6.42 Å². The summed E-state index contributed by atoms with van der Waals surface area (Å²) in [4.78, 5) is 24.1. The van der Waals surface area contributed by atoms with E-state index in [1.165, 1.54) is 24.3 Å². The molecule has 3 aromatic rings. The summed E-state index contributed by atoms with van der Waals surface area (Å²) in [7, 11) is 0. The van der Waals surface area contributed by atoms with Crippen LogP contribution in [-0.4, -0.2) is 41.5 Å². The highest BCUT2D eigenvalue weighted by Gasteiger charge is 2.22. The smallest absolute Gasteiger partial charge is 0.337 e. The van der Waals surface area contributed by atoms with E-state index in [1.807, 2.05) is 18.2 Å². The first kappa shape index (κ1) is 20.1. The molecule has 1 aliphatic heterocycles. The average molecular weight is 419 g/mol. The monoisotopic (exact) mass is 419 g/mol. The van der Waals surface area contributed by atoms with Crippen molar-refractivity contribution in [3.63, 3.8) is 0 Å². The first-order valence-corrected chi connectivity index (χ1v) is 9.44. The number of nitriles is 1. The quantitative estimate of drug-likeness (QED) is 0.621. The number of aromatic carboxylic acids is 1. The van der Waals surface area contributed by atoms with Gasteiger partial charge in [-0.25, -0.2) is 4.79 Å². The Kier molecular flexibility index (Phi) is 5.64. The van der Waals surface area contributed by atoms with E-state index in [1.54, 1.807) is 12.1 Å². The number of carbonyl (C=O) groups is 2. The van der Waals surface area contributed by atoms with Crippen molar-refractivity contribution in [2.45, 2.75) is 12.5 Å². The van der Waals surface area contributed by atoms with Crippen molar-refractivity contribution in [3.05, 3.63) is 65.4 Å². The Labute approximate surface area is 176 Å². The number of aromatic nitrogens is 1. The van der Waals surface area contributed by atoms with E-state index >= 15 is 0 Å². The normalized spacial score (nSPS) is 15.3. The van der Waals surface area contributed by atoms with Gasteiger partial charge in [-0.1, -0.05) is 17.3 Å². The molecule has 156 valence electrons. The minimum atomic E-state index is -1.27. The Morgan fingerprint density at radius 2 is 2.06 bits per heavy atom. The van der Waals surface area contributed by atoms with E-state index < -0.39 is 11.9 Å². The van der Waals surface area contributed by atoms with E-state index in [-0.39, 0.29) is 28.6 Å². The second-order valence-corrected chi connectivity index (χ2v) is 6.81. The molecule has 0 spiro atoms. The molecule has 1 amide bonds. The third-order valence-corrected chi connectivity index (χ3v) is 4.70. The van der Waals surface area contributed by atoms with Gasteiger partial charge in [0.15, 0.2) is 11.5 Å². The summed E-state index contributed by atoms with van der Waals surface area (Å²) in [6, 6.07) is 14.5. The first-order valence-electron chi connectivity index (χ1n) is 9.44. The second kappa shape index (κ2) is 8.69. The van der Waals surface area contributed by atoms with Crippen LogP contribution in [-0.2, 0) is 4.74 Å². The maximum atomic E-state index is 12.6. The molecule has 0 aliphatic carbocycles. The molecule has 9 nitrogen and oxygen atoms in total. The van der Waals surface area contributed by atoms with Gasteiger partial charge in [0.2, 0.25) is 0 Å². The molecule has 0 saturated carbocycles. The third-order valence-electron chi connectivity index (χ3n) is 4.70. The third kappa shape index (κ3) is 4.39. The molecule has 1 fully saturated rings. The van der Waals surface area contributed by atoms with Crippen LogP contribution in [0, 0.1) is 11.3 Å².